The monoisotopic (exact) mass is 331 g/mol. The molecule has 0 aromatic heterocycles. The number of hydrogen-bond acceptors (Lipinski definition) is 1. The average molecular weight is 332 g/mol. The number of halogens is 2. The molecule has 0 amide bonds. The van der Waals surface area contributed by atoms with Crippen LogP contribution < -0.4 is 21.2 Å². The molecule has 1 nitrogen and oxygen atoms in total. The second-order valence-corrected chi connectivity index (χ2v) is 6.47. The molecule has 1 N–H and O–H groups in total. The van der Waals surface area contributed by atoms with Crippen molar-refractivity contribution in [2.24, 2.45) is 0 Å². The van der Waals surface area contributed by atoms with Crippen molar-refractivity contribution in [3.05, 3.63) is 60.7 Å². The van der Waals surface area contributed by atoms with Crippen molar-refractivity contribution in [3.63, 3.8) is 0 Å². The van der Waals surface area contributed by atoms with Crippen molar-refractivity contribution in [2.75, 3.05) is 0 Å². The van der Waals surface area contributed by atoms with Gasteiger partial charge in [0.1, 0.15) is 0 Å². The van der Waals surface area contributed by atoms with Gasteiger partial charge in [-0.3, -0.25) is 0 Å². The van der Waals surface area contributed by atoms with E-state index in [0.29, 0.717) is 5.75 Å². The fraction of sp³-hybridized carbons (Fsp3) is 0. The molecule has 0 saturated carbocycles. The summed E-state index contributed by atoms with van der Waals surface area (Å²) in [7, 11) is 0. The van der Waals surface area contributed by atoms with E-state index in [9.17, 15) is 0 Å². The molecule has 0 saturated heterocycles. The van der Waals surface area contributed by atoms with Crippen LogP contribution in [0.25, 0.3) is 0 Å². The van der Waals surface area contributed by atoms with Gasteiger partial charge in [0.05, 0.1) is 0 Å². The normalized spacial score (nSPS) is 10.5. The van der Waals surface area contributed by atoms with E-state index < -0.39 is 0 Å². The Morgan fingerprint density at radius 1 is 0.800 bits per heavy atom. The molecule has 0 unspecified atom stereocenters. The van der Waals surface area contributed by atoms with Crippen LogP contribution in [0.2, 0.25) is 5.02 Å². The molecule has 0 atom stereocenters. The minimum absolute atomic E-state index is 0.167. The molecule has 0 aliphatic rings. The van der Waals surface area contributed by atoms with Crippen LogP contribution in [0.15, 0.2) is 48.5 Å². The van der Waals surface area contributed by atoms with Crippen molar-refractivity contribution in [3.8, 4) is 5.75 Å². The first kappa shape index (κ1) is 10.8. The molecule has 2 rings (SSSR count). The maximum atomic E-state index is 9.15. The molecular formula is C12H9ClIO-. The Kier molecular flexibility index (Phi) is 3.49. The van der Waals surface area contributed by atoms with Gasteiger partial charge in [0.15, 0.2) is 0 Å². The van der Waals surface area contributed by atoms with Gasteiger partial charge in [0, 0.05) is 0 Å². The van der Waals surface area contributed by atoms with E-state index in [4.69, 9.17) is 16.7 Å². The molecule has 15 heavy (non-hydrogen) atoms. The number of hydrogen-bond donors (Lipinski definition) is 1. The predicted molar refractivity (Wildman–Crippen MR) is 57.0 cm³/mol. The first-order valence-electron chi connectivity index (χ1n) is 4.43. The predicted octanol–water partition coefficient (Wildman–Crippen LogP) is 0.174. The van der Waals surface area contributed by atoms with Gasteiger partial charge in [-0.05, 0) is 0 Å². The van der Waals surface area contributed by atoms with Crippen molar-refractivity contribution in [1.29, 1.82) is 0 Å². The molecular weight excluding hydrogens is 322 g/mol. The third-order valence-electron chi connectivity index (χ3n) is 1.85. The summed E-state index contributed by atoms with van der Waals surface area (Å²) in [5.74, 6) is 0.318. The van der Waals surface area contributed by atoms with Gasteiger partial charge >= 0.3 is 104 Å². The zero-order chi connectivity index (χ0) is 10.7. The molecule has 78 valence electrons. The van der Waals surface area contributed by atoms with E-state index in [0.717, 1.165) is 5.02 Å². The Hall–Kier alpha value is -0.740. The maximum absolute atomic E-state index is 9.15. The number of phenols is 1. The van der Waals surface area contributed by atoms with Gasteiger partial charge in [0.25, 0.3) is 0 Å². The summed E-state index contributed by atoms with van der Waals surface area (Å²) in [6, 6.07) is 15.3. The minimum atomic E-state index is -0.167. The van der Waals surface area contributed by atoms with Crippen molar-refractivity contribution < 1.29 is 26.3 Å². The average Bonchev–Trinajstić information content (AvgIpc) is 2.25. The van der Waals surface area contributed by atoms with Gasteiger partial charge in [-0.1, -0.05) is 0 Å². The van der Waals surface area contributed by atoms with Crippen molar-refractivity contribution >= 4 is 11.6 Å². The Labute approximate surface area is 104 Å². The van der Waals surface area contributed by atoms with Crippen LogP contribution in [0.4, 0.5) is 0 Å². The Morgan fingerprint density at radius 2 is 1.27 bits per heavy atom. The van der Waals surface area contributed by atoms with Crippen LogP contribution in [0, 0.1) is 7.14 Å². The van der Waals surface area contributed by atoms with Crippen LogP contribution in [0.5, 0.6) is 5.75 Å². The van der Waals surface area contributed by atoms with Crippen molar-refractivity contribution in [2.45, 2.75) is 0 Å². The van der Waals surface area contributed by atoms with Gasteiger partial charge in [-0.25, -0.2) is 0 Å². The SMILES string of the molecule is Oc1ccc([I-]c2ccc(Cl)cc2)cc1. The molecule has 0 radical (unpaired) electrons. The van der Waals surface area contributed by atoms with Crippen LogP contribution >= 0.6 is 11.6 Å². The molecule has 0 spiro atoms. The van der Waals surface area contributed by atoms with Crippen LogP contribution in [-0.2, 0) is 0 Å². The number of rotatable bonds is 2. The summed E-state index contributed by atoms with van der Waals surface area (Å²) in [6.07, 6.45) is 0. The molecule has 3 heteroatoms. The second kappa shape index (κ2) is 4.86. The van der Waals surface area contributed by atoms with Crippen LogP contribution in [0.1, 0.15) is 0 Å². The second-order valence-electron chi connectivity index (χ2n) is 3.01. The third-order valence-corrected chi connectivity index (χ3v) is 4.78. The van der Waals surface area contributed by atoms with E-state index in [1.54, 1.807) is 12.1 Å². The van der Waals surface area contributed by atoms with E-state index >= 15 is 0 Å². The van der Waals surface area contributed by atoms with Crippen molar-refractivity contribution in [1.82, 2.24) is 0 Å². The zero-order valence-corrected chi connectivity index (χ0v) is 10.7. The van der Waals surface area contributed by atoms with Crippen LogP contribution in [-0.4, -0.2) is 5.11 Å². The first-order valence-corrected chi connectivity index (χ1v) is 6.97. The topological polar surface area (TPSA) is 20.2 Å². The summed E-state index contributed by atoms with van der Waals surface area (Å²) in [5.41, 5.74) is 0. The fourth-order valence-corrected chi connectivity index (χ4v) is 3.41. The standard InChI is InChI=1S/C12H9ClIO/c13-9-1-3-10(4-2-9)14-11-5-7-12(15)8-6-11/h1-8,15H/q-1. The summed E-state index contributed by atoms with van der Waals surface area (Å²) in [4.78, 5) is 0. The molecule has 0 fully saturated rings. The summed E-state index contributed by atoms with van der Waals surface area (Å²) >= 11 is 5.65. The Balaban J connectivity index is 2.15. The van der Waals surface area contributed by atoms with E-state index in [1.807, 2.05) is 24.3 Å². The summed E-state index contributed by atoms with van der Waals surface area (Å²) < 4.78 is 2.61. The molecule has 0 heterocycles. The van der Waals surface area contributed by atoms with Gasteiger partial charge in [-0.15, -0.1) is 0 Å². The molecule has 0 aliphatic carbocycles. The Morgan fingerprint density at radius 3 is 1.80 bits per heavy atom. The first-order chi connectivity index (χ1) is 7.24. The number of benzene rings is 2. The molecule has 0 bridgehead atoms. The van der Waals surface area contributed by atoms with E-state index in [2.05, 4.69) is 12.1 Å². The summed E-state index contributed by atoms with van der Waals surface area (Å²) in [5, 5.41) is 9.93. The number of phenolic OH excluding ortho intramolecular Hbond substituents is 1. The third kappa shape index (κ3) is 3.11. The van der Waals surface area contributed by atoms with E-state index in [1.165, 1.54) is 7.14 Å². The molecule has 0 aliphatic heterocycles. The van der Waals surface area contributed by atoms with Gasteiger partial charge < -0.3 is 0 Å². The molecule has 2 aromatic rings. The van der Waals surface area contributed by atoms with Crippen LogP contribution in [0.3, 0.4) is 0 Å². The van der Waals surface area contributed by atoms with E-state index in [-0.39, 0.29) is 21.2 Å². The quantitative estimate of drug-likeness (QED) is 0.778. The number of aromatic hydroxyl groups is 1. The Bertz CT molecular complexity index is 393. The van der Waals surface area contributed by atoms with Gasteiger partial charge in [-0.2, -0.15) is 0 Å². The van der Waals surface area contributed by atoms with Gasteiger partial charge in [0.2, 0.25) is 0 Å². The summed E-state index contributed by atoms with van der Waals surface area (Å²) in [6.45, 7) is 0. The zero-order valence-electron chi connectivity index (χ0n) is 7.82. The molecule has 2 aromatic carbocycles. The fourth-order valence-electron chi connectivity index (χ4n) is 1.12.